The zero-order valence-electron chi connectivity index (χ0n) is 18.4. The van der Waals surface area contributed by atoms with Crippen LogP contribution in [0.3, 0.4) is 0 Å². The van der Waals surface area contributed by atoms with E-state index in [2.05, 4.69) is 10.6 Å². The van der Waals surface area contributed by atoms with Crippen molar-refractivity contribution in [2.45, 2.75) is 51.1 Å². The highest BCUT2D eigenvalue weighted by atomic mass is 19.1. The van der Waals surface area contributed by atoms with E-state index in [9.17, 15) is 24.0 Å². The van der Waals surface area contributed by atoms with Crippen molar-refractivity contribution in [1.82, 2.24) is 10.6 Å². The summed E-state index contributed by atoms with van der Waals surface area (Å²) in [6.45, 7) is 3.75. The lowest BCUT2D eigenvalue weighted by Crippen LogP contribution is -2.57. The van der Waals surface area contributed by atoms with E-state index < -0.39 is 42.8 Å². The Morgan fingerprint density at radius 1 is 1.00 bits per heavy atom. The number of halogens is 1. The molecule has 0 aliphatic heterocycles. The second-order valence-corrected chi connectivity index (χ2v) is 8.02. The van der Waals surface area contributed by atoms with Gasteiger partial charge in [0.1, 0.15) is 11.9 Å². The van der Waals surface area contributed by atoms with Gasteiger partial charge < -0.3 is 26.4 Å². The first kappa shape index (κ1) is 25.5. The number of rotatable bonds is 11. The molecule has 9 heteroatoms. The number of carbonyl (C=O) groups is 2. The van der Waals surface area contributed by atoms with E-state index in [1.807, 2.05) is 19.9 Å². The van der Waals surface area contributed by atoms with E-state index >= 15 is 0 Å². The molecule has 4 atom stereocenters. The lowest BCUT2D eigenvalue weighted by molar-refractivity contribution is -0.130. The first-order valence-electron chi connectivity index (χ1n) is 10.7. The molecule has 172 valence electrons. The molecule has 0 radical (unpaired) electrons. The first-order valence-corrected chi connectivity index (χ1v) is 10.7. The molecule has 32 heavy (non-hydrogen) atoms. The number of carbonyl (C=O) groups excluding carboxylic acids is 2. The van der Waals surface area contributed by atoms with Crippen molar-refractivity contribution in [3.8, 4) is 0 Å². The maximum atomic E-state index is 13.6. The summed E-state index contributed by atoms with van der Waals surface area (Å²) in [6, 6.07) is 12.9. The van der Waals surface area contributed by atoms with Crippen molar-refractivity contribution in [3.05, 3.63) is 71.5 Å². The molecule has 2 rings (SSSR count). The van der Waals surface area contributed by atoms with Crippen molar-refractivity contribution >= 4 is 18.9 Å². The van der Waals surface area contributed by atoms with Gasteiger partial charge in [-0.15, -0.1) is 0 Å². The molecule has 0 aliphatic rings. The third kappa shape index (κ3) is 7.74. The molecular weight excluding hydrogens is 412 g/mol. The summed E-state index contributed by atoms with van der Waals surface area (Å²) in [5, 5.41) is 24.8. The lowest BCUT2D eigenvalue weighted by Gasteiger charge is -2.25. The molecule has 1 unspecified atom stereocenters. The van der Waals surface area contributed by atoms with Crippen LogP contribution >= 0.6 is 0 Å². The van der Waals surface area contributed by atoms with Crippen LogP contribution in [0.4, 0.5) is 4.39 Å². The fourth-order valence-electron chi connectivity index (χ4n) is 3.27. The Morgan fingerprint density at radius 3 is 2.25 bits per heavy atom. The maximum Gasteiger partial charge on any atom is 0.475 e. The molecule has 2 amide bonds. The minimum Gasteiger partial charge on any atom is -0.426 e. The summed E-state index contributed by atoms with van der Waals surface area (Å²) in [5.41, 5.74) is 7.31. The van der Waals surface area contributed by atoms with Crippen molar-refractivity contribution in [2.75, 3.05) is 0 Å². The Balaban J connectivity index is 2.19. The van der Waals surface area contributed by atoms with Gasteiger partial charge in [0.2, 0.25) is 11.8 Å². The van der Waals surface area contributed by atoms with E-state index in [0.717, 1.165) is 5.56 Å². The van der Waals surface area contributed by atoms with Crippen LogP contribution in [0.15, 0.2) is 54.6 Å². The molecule has 7 nitrogen and oxygen atoms in total. The number of benzene rings is 2. The van der Waals surface area contributed by atoms with Gasteiger partial charge in [0.25, 0.3) is 0 Å². The third-order valence-corrected chi connectivity index (χ3v) is 5.51. The van der Waals surface area contributed by atoms with Gasteiger partial charge >= 0.3 is 7.12 Å². The summed E-state index contributed by atoms with van der Waals surface area (Å²) in [6.07, 6.45) is 0.880. The average Bonchev–Trinajstić information content (AvgIpc) is 2.77. The lowest BCUT2D eigenvalue weighted by atomic mass is 9.75. The first-order chi connectivity index (χ1) is 15.2. The molecule has 0 heterocycles. The van der Waals surface area contributed by atoms with Crippen molar-refractivity contribution < 1.29 is 24.0 Å². The van der Waals surface area contributed by atoms with Gasteiger partial charge in [-0.2, -0.15) is 0 Å². The van der Waals surface area contributed by atoms with Gasteiger partial charge in [0, 0.05) is 6.42 Å². The number of nitrogens with two attached hydrogens (primary N) is 1. The Kier molecular flexibility index (Phi) is 9.83. The Labute approximate surface area is 188 Å². The molecule has 2 aromatic rings. The number of nitrogens with one attached hydrogen (secondary N) is 2. The third-order valence-electron chi connectivity index (χ3n) is 5.51. The highest BCUT2D eigenvalue weighted by Crippen LogP contribution is 2.11. The van der Waals surface area contributed by atoms with Crippen LogP contribution in [-0.2, 0) is 22.4 Å². The van der Waals surface area contributed by atoms with E-state index in [4.69, 9.17) is 5.73 Å². The van der Waals surface area contributed by atoms with E-state index in [-0.39, 0.29) is 18.8 Å². The highest BCUT2D eigenvalue weighted by molar-refractivity contribution is 6.43. The number of amides is 2. The number of hydrogen-bond donors (Lipinski definition) is 5. The van der Waals surface area contributed by atoms with Gasteiger partial charge in [-0.3, -0.25) is 9.59 Å². The second-order valence-electron chi connectivity index (χ2n) is 8.02. The molecule has 0 aromatic heterocycles. The number of hydrogen-bond acceptors (Lipinski definition) is 5. The molecule has 0 saturated heterocycles. The summed E-state index contributed by atoms with van der Waals surface area (Å²) in [4.78, 5) is 25.7. The van der Waals surface area contributed by atoms with E-state index in [1.54, 1.807) is 30.3 Å². The topological polar surface area (TPSA) is 125 Å². The minimum atomic E-state index is -1.81. The molecule has 0 fully saturated rings. The zero-order valence-corrected chi connectivity index (χ0v) is 18.4. The molecular formula is C23H31BFN3O4. The molecule has 0 spiro atoms. The van der Waals surface area contributed by atoms with Gasteiger partial charge in [-0.25, -0.2) is 4.39 Å². The van der Waals surface area contributed by atoms with E-state index in [1.165, 1.54) is 18.2 Å². The Bertz CT molecular complexity index is 885. The standard InChI is InChI=1S/C23H31BFN3O4/c1-3-15(2)21(26)23(30)27-19(13-17-10-7-11-18(25)12-17)22(29)28-20(24(31)32)14-16-8-5-4-6-9-16/h4-12,15,19-21,31-32H,3,13-14,26H2,1-2H3,(H,27,30)(H,28,29)/t15?,19-,20+,21+/m1/s1. The van der Waals surface area contributed by atoms with Crippen LogP contribution in [0.25, 0.3) is 0 Å². The SMILES string of the molecule is CCC(C)[C@H](N)C(=O)N[C@H](Cc1cccc(F)c1)C(=O)N[C@@H](Cc1ccccc1)B(O)O. The molecule has 2 aromatic carbocycles. The summed E-state index contributed by atoms with van der Waals surface area (Å²) in [7, 11) is -1.81. The molecule has 0 aliphatic carbocycles. The Hall–Kier alpha value is -2.75. The van der Waals surface area contributed by atoms with Crippen molar-refractivity contribution in [2.24, 2.45) is 11.7 Å². The maximum absolute atomic E-state index is 13.6. The monoisotopic (exact) mass is 443 g/mol. The second kappa shape index (κ2) is 12.3. The summed E-state index contributed by atoms with van der Waals surface area (Å²) >= 11 is 0. The fraction of sp³-hybridized carbons (Fsp3) is 0.391. The predicted molar refractivity (Wildman–Crippen MR) is 122 cm³/mol. The van der Waals surface area contributed by atoms with Crippen molar-refractivity contribution in [3.63, 3.8) is 0 Å². The largest absolute Gasteiger partial charge is 0.475 e. The van der Waals surface area contributed by atoms with Crippen LogP contribution in [0.5, 0.6) is 0 Å². The predicted octanol–water partition coefficient (Wildman–Crippen LogP) is 0.966. The summed E-state index contributed by atoms with van der Waals surface area (Å²) < 4.78 is 13.6. The quantitative estimate of drug-likeness (QED) is 0.331. The van der Waals surface area contributed by atoms with Crippen LogP contribution in [0.2, 0.25) is 0 Å². The van der Waals surface area contributed by atoms with Gasteiger partial charge in [-0.1, -0.05) is 62.7 Å². The zero-order chi connectivity index (χ0) is 23.7. The molecule has 0 bridgehead atoms. The highest BCUT2D eigenvalue weighted by Gasteiger charge is 2.31. The van der Waals surface area contributed by atoms with Crippen molar-refractivity contribution in [1.29, 1.82) is 0 Å². The fourth-order valence-corrected chi connectivity index (χ4v) is 3.27. The van der Waals surface area contributed by atoms with Crippen LogP contribution in [0.1, 0.15) is 31.4 Å². The van der Waals surface area contributed by atoms with Gasteiger partial charge in [-0.05, 0) is 35.6 Å². The minimum absolute atomic E-state index is 0.0160. The normalized spacial score (nSPS) is 14.7. The van der Waals surface area contributed by atoms with Gasteiger partial charge in [0.05, 0.1) is 12.0 Å². The average molecular weight is 443 g/mol. The smallest absolute Gasteiger partial charge is 0.426 e. The summed E-state index contributed by atoms with van der Waals surface area (Å²) in [5.74, 6) is -2.68. The van der Waals surface area contributed by atoms with Crippen LogP contribution in [-0.4, -0.2) is 47.0 Å². The van der Waals surface area contributed by atoms with Crippen LogP contribution in [0, 0.1) is 11.7 Å². The Morgan fingerprint density at radius 2 is 1.66 bits per heavy atom. The molecule has 0 saturated carbocycles. The van der Waals surface area contributed by atoms with Gasteiger partial charge in [0.15, 0.2) is 0 Å². The van der Waals surface area contributed by atoms with Crippen LogP contribution < -0.4 is 16.4 Å². The van der Waals surface area contributed by atoms with E-state index in [0.29, 0.717) is 12.0 Å². The molecule has 6 N–H and O–H groups in total.